The van der Waals surface area contributed by atoms with Gasteiger partial charge in [-0.15, -0.1) is 0 Å². The van der Waals surface area contributed by atoms with Crippen molar-refractivity contribution >= 4 is 6.09 Å². The number of carbonyl (C=O) groups is 1. The minimum absolute atomic E-state index is 0.110. The van der Waals surface area contributed by atoms with E-state index in [2.05, 4.69) is 0 Å². The van der Waals surface area contributed by atoms with Crippen molar-refractivity contribution in [1.29, 1.82) is 0 Å². The summed E-state index contributed by atoms with van der Waals surface area (Å²) in [5.74, 6) is 0. The van der Waals surface area contributed by atoms with Crippen LogP contribution in [0, 0.1) is 0 Å². The predicted molar refractivity (Wildman–Crippen MR) is 77.4 cm³/mol. The molecule has 0 heterocycles. The van der Waals surface area contributed by atoms with Gasteiger partial charge in [0.15, 0.2) is 0 Å². The van der Waals surface area contributed by atoms with E-state index < -0.39 is 6.10 Å². The third-order valence-electron chi connectivity index (χ3n) is 4.14. The fourth-order valence-electron chi connectivity index (χ4n) is 2.99. The zero-order valence-electron chi connectivity index (χ0n) is 12.2. The summed E-state index contributed by atoms with van der Waals surface area (Å²) in [4.78, 5) is 13.9. The largest absolute Gasteiger partial charge is 0.453 e. The molecular weight excluding hydrogens is 254 g/mol. The molecule has 0 unspecified atom stereocenters. The highest BCUT2D eigenvalue weighted by atomic mass is 16.5. The Morgan fingerprint density at radius 3 is 2.55 bits per heavy atom. The van der Waals surface area contributed by atoms with Gasteiger partial charge in [-0.3, -0.25) is 4.90 Å². The number of aliphatic hydroxyl groups excluding tert-OH is 1. The lowest BCUT2D eigenvalue weighted by Crippen LogP contribution is -2.49. The predicted octanol–water partition coefficient (Wildman–Crippen LogP) is 3.12. The number of aliphatic hydroxyl groups is 1. The standard InChI is InChI=1S/C16H23NO3/c1-12(13-8-4-3-5-9-13)17(16(19)20-2)14-10-6-7-11-15(14)18/h3-5,8-9,12,14-15,18H,6-7,10-11H2,1-2H3/t12-,14-,15-/m0/s1. The maximum absolute atomic E-state index is 12.2. The summed E-state index contributed by atoms with van der Waals surface area (Å²) in [5, 5.41) is 10.2. The summed E-state index contributed by atoms with van der Waals surface area (Å²) in [6.07, 6.45) is 2.80. The van der Waals surface area contributed by atoms with E-state index in [1.807, 2.05) is 37.3 Å². The van der Waals surface area contributed by atoms with Crippen molar-refractivity contribution in [2.75, 3.05) is 7.11 Å². The Balaban J connectivity index is 2.25. The number of rotatable bonds is 3. The van der Waals surface area contributed by atoms with E-state index in [-0.39, 0.29) is 18.2 Å². The lowest BCUT2D eigenvalue weighted by Gasteiger charge is -2.40. The van der Waals surface area contributed by atoms with Crippen molar-refractivity contribution in [3.05, 3.63) is 35.9 Å². The van der Waals surface area contributed by atoms with Gasteiger partial charge in [-0.2, -0.15) is 0 Å². The first kappa shape index (κ1) is 14.9. The van der Waals surface area contributed by atoms with E-state index >= 15 is 0 Å². The molecule has 1 saturated carbocycles. The van der Waals surface area contributed by atoms with Crippen LogP contribution in [-0.4, -0.2) is 35.4 Å². The SMILES string of the molecule is COC(=O)N([C@@H](C)c1ccccc1)[C@H]1CCCC[C@@H]1O. The molecule has 20 heavy (non-hydrogen) atoms. The zero-order chi connectivity index (χ0) is 14.5. The molecule has 1 amide bonds. The van der Waals surface area contributed by atoms with Crippen LogP contribution in [-0.2, 0) is 4.74 Å². The van der Waals surface area contributed by atoms with Crippen LogP contribution in [0.5, 0.6) is 0 Å². The highest BCUT2D eigenvalue weighted by molar-refractivity contribution is 5.68. The van der Waals surface area contributed by atoms with Crippen LogP contribution in [0.15, 0.2) is 30.3 Å². The minimum Gasteiger partial charge on any atom is -0.453 e. The Hall–Kier alpha value is -1.55. The summed E-state index contributed by atoms with van der Waals surface area (Å²) in [6.45, 7) is 1.98. The number of carbonyl (C=O) groups excluding carboxylic acids is 1. The van der Waals surface area contributed by atoms with E-state index in [0.29, 0.717) is 0 Å². The summed E-state index contributed by atoms with van der Waals surface area (Å²) in [7, 11) is 1.39. The van der Waals surface area contributed by atoms with E-state index in [9.17, 15) is 9.90 Å². The number of nitrogens with zero attached hydrogens (tertiary/aromatic N) is 1. The van der Waals surface area contributed by atoms with Crippen molar-refractivity contribution in [2.45, 2.75) is 50.8 Å². The van der Waals surface area contributed by atoms with Gasteiger partial charge in [-0.05, 0) is 25.3 Å². The topological polar surface area (TPSA) is 49.8 Å². The summed E-state index contributed by atoms with van der Waals surface area (Å²) >= 11 is 0. The van der Waals surface area contributed by atoms with Gasteiger partial charge < -0.3 is 9.84 Å². The number of ether oxygens (including phenoxy) is 1. The second-order valence-corrected chi connectivity index (χ2v) is 5.38. The molecule has 1 aliphatic rings. The molecule has 110 valence electrons. The first-order valence-corrected chi connectivity index (χ1v) is 7.24. The van der Waals surface area contributed by atoms with E-state index in [1.165, 1.54) is 7.11 Å². The Morgan fingerprint density at radius 1 is 1.30 bits per heavy atom. The molecule has 0 radical (unpaired) electrons. The first-order chi connectivity index (χ1) is 9.65. The van der Waals surface area contributed by atoms with Gasteiger partial charge in [-0.1, -0.05) is 43.2 Å². The van der Waals surface area contributed by atoms with Crippen molar-refractivity contribution in [2.24, 2.45) is 0 Å². The van der Waals surface area contributed by atoms with Gasteiger partial charge in [0.25, 0.3) is 0 Å². The van der Waals surface area contributed by atoms with Crippen molar-refractivity contribution in [1.82, 2.24) is 4.90 Å². The zero-order valence-corrected chi connectivity index (χ0v) is 12.2. The van der Waals surface area contributed by atoms with Crippen molar-refractivity contribution in [3.8, 4) is 0 Å². The average Bonchev–Trinajstić information content (AvgIpc) is 2.50. The molecule has 4 heteroatoms. The summed E-state index contributed by atoms with van der Waals surface area (Å²) < 4.78 is 4.93. The molecule has 0 saturated heterocycles. The lowest BCUT2D eigenvalue weighted by atomic mass is 9.90. The molecule has 1 aromatic carbocycles. The first-order valence-electron chi connectivity index (χ1n) is 7.24. The van der Waals surface area contributed by atoms with Gasteiger partial charge in [0.05, 0.1) is 25.3 Å². The van der Waals surface area contributed by atoms with E-state index in [0.717, 1.165) is 31.2 Å². The molecule has 0 spiro atoms. The van der Waals surface area contributed by atoms with Crippen LogP contribution in [0.1, 0.15) is 44.2 Å². The molecule has 1 N–H and O–H groups in total. The lowest BCUT2D eigenvalue weighted by molar-refractivity contribution is 0.00265. The number of hydrogen-bond donors (Lipinski definition) is 1. The number of benzene rings is 1. The third kappa shape index (κ3) is 3.12. The number of amides is 1. The van der Waals surface area contributed by atoms with E-state index in [1.54, 1.807) is 4.90 Å². The maximum atomic E-state index is 12.2. The van der Waals surface area contributed by atoms with Crippen LogP contribution in [0.25, 0.3) is 0 Å². The molecule has 4 nitrogen and oxygen atoms in total. The fraction of sp³-hybridized carbons (Fsp3) is 0.562. The Labute approximate surface area is 120 Å². The smallest absolute Gasteiger partial charge is 0.410 e. The fourth-order valence-corrected chi connectivity index (χ4v) is 2.99. The number of methoxy groups -OCH3 is 1. The normalized spacial score (nSPS) is 23.9. The van der Waals surface area contributed by atoms with Gasteiger partial charge in [0, 0.05) is 0 Å². The van der Waals surface area contributed by atoms with E-state index in [4.69, 9.17) is 4.74 Å². The maximum Gasteiger partial charge on any atom is 0.410 e. The molecule has 0 aromatic heterocycles. The van der Waals surface area contributed by atoms with Gasteiger partial charge >= 0.3 is 6.09 Å². The molecule has 0 aliphatic heterocycles. The molecule has 1 fully saturated rings. The Bertz CT molecular complexity index is 435. The van der Waals surface area contributed by atoms with Crippen molar-refractivity contribution in [3.63, 3.8) is 0 Å². The van der Waals surface area contributed by atoms with Crippen LogP contribution >= 0.6 is 0 Å². The summed E-state index contributed by atoms with van der Waals surface area (Å²) in [6, 6.07) is 9.59. The Morgan fingerprint density at radius 2 is 1.95 bits per heavy atom. The third-order valence-corrected chi connectivity index (χ3v) is 4.14. The Kier molecular flexibility index (Phi) is 5.01. The molecule has 3 atom stereocenters. The van der Waals surface area contributed by atoms with Gasteiger partial charge in [0.2, 0.25) is 0 Å². The van der Waals surface area contributed by atoms with Crippen LogP contribution in [0.4, 0.5) is 4.79 Å². The second kappa shape index (κ2) is 6.75. The van der Waals surface area contributed by atoms with Crippen molar-refractivity contribution < 1.29 is 14.6 Å². The second-order valence-electron chi connectivity index (χ2n) is 5.38. The average molecular weight is 277 g/mol. The highest BCUT2D eigenvalue weighted by Crippen LogP contribution is 2.31. The monoisotopic (exact) mass is 277 g/mol. The van der Waals surface area contributed by atoms with Crippen LogP contribution < -0.4 is 0 Å². The summed E-state index contributed by atoms with van der Waals surface area (Å²) in [5.41, 5.74) is 1.05. The molecule has 1 aromatic rings. The molecular formula is C16H23NO3. The highest BCUT2D eigenvalue weighted by Gasteiger charge is 2.35. The van der Waals surface area contributed by atoms with Crippen LogP contribution in [0.2, 0.25) is 0 Å². The number of hydrogen-bond acceptors (Lipinski definition) is 3. The molecule has 1 aliphatic carbocycles. The van der Waals surface area contributed by atoms with Gasteiger partial charge in [-0.25, -0.2) is 4.79 Å². The molecule has 2 rings (SSSR count). The van der Waals surface area contributed by atoms with Crippen LogP contribution in [0.3, 0.4) is 0 Å². The minimum atomic E-state index is -0.464. The quantitative estimate of drug-likeness (QED) is 0.923. The van der Waals surface area contributed by atoms with Gasteiger partial charge in [0.1, 0.15) is 0 Å². The molecule has 0 bridgehead atoms.